The molecule has 2 aromatic carbocycles. The van der Waals surface area contributed by atoms with Gasteiger partial charge in [0.15, 0.2) is 0 Å². The molecule has 0 radical (unpaired) electrons. The van der Waals surface area contributed by atoms with Gasteiger partial charge in [0.1, 0.15) is 10.9 Å². The molecule has 4 rings (SSSR count). The van der Waals surface area contributed by atoms with Crippen molar-refractivity contribution in [3.05, 3.63) is 64.0 Å². The summed E-state index contributed by atoms with van der Waals surface area (Å²) in [5.74, 6) is -1.05. The van der Waals surface area contributed by atoms with Gasteiger partial charge >= 0.3 is 0 Å². The molecule has 0 atom stereocenters. The van der Waals surface area contributed by atoms with Crippen LogP contribution in [0.2, 0.25) is 5.02 Å². The molecule has 1 fully saturated rings. The van der Waals surface area contributed by atoms with E-state index in [1.165, 1.54) is 9.80 Å². The number of carbonyl (C=O) groups excluding carboxylic acids is 3. The molecule has 9 heteroatoms. The number of halogens is 1. The molecule has 3 amide bonds. The third-order valence-corrected chi connectivity index (χ3v) is 6.41. The maximum Gasteiger partial charge on any atom is 0.266 e. The van der Waals surface area contributed by atoms with Crippen LogP contribution < -0.4 is 10.2 Å². The van der Waals surface area contributed by atoms with E-state index in [1.807, 2.05) is 6.92 Å². The van der Waals surface area contributed by atoms with E-state index in [2.05, 4.69) is 5.32 Å². The number of anilines is 2. The van der Waals surface area contributed by atoms with Gasteiger partial charge in [0.2, 0.25) is 5.91 Å². The molecule has 30 heavy (non-hydrogen) atoms. The summed E-state index contributed by atoms with van der Waals surface area (Å²) in [6, 6.07) is 13.9. The van der Waals surface area contributed by atoms with E-state index in [9.17, 15) is 14.4 Å². The number of nitrogens with one attached hydrogen (secondary N) is 1. The van der Waals surface area contributed by atoms with Crippen molar-refractivity contribution >= 4 is 74.6 Å². The largest absolute Gasteiger partial charge is 0.324 e. The first-order valence-electron chi connectivity index (χ1n) is 9.15. The second-order valence-corrected chi connectivity index (χ2v) is 8.67. The number of hydrogen-bond acceptors (Lipinski definition) is 5. The summed E-state index contributed by atoms with van der Waals surface area (Å²) in [5.41, 5.74) is 2.03. The molecule has 0 bridgehead atoms. The monoisotopic (exact) mass is 457 g/mol. The Bertz CT molecular complexity index is 1130. The Morgan fingerprint density at radius 1 is 1.10 bits per heavy atom. The molecular formula is C21H16ClN3O3S2. The molecule has 1 N–H and O–H groups in total. The first-order chi connectivity index (χ1) is 14.4. The number of thiocarbonyl (C=S) groups is 1. The lowest BCUT2D eigenvalue weighted by Crippen LogP contribution is -2.35. The second kappa shape index (κ2) is 8.22. The minimum Gasteiger partial charge on any atom is -0.324 e. The predicted octanol–water partition coefficient (Wildman–Crippen LogP) is 3.92. The Morgan fingerprint density at radius 2 is 1.87 bits per heavy atom. The Morgan fingerprint density at radius 3 is 2.57 bits per heavy atom. The van der Waals surface area contributed by atoms with Crippen molar-refractivity contribution in [3.63, 3.8) is 0 Å². The van der Waals surface area contributed by atoms with Crippen molar-refractivity contribution < 1.29 is 14.4 Å². The van der Waals surface area contributed by atoms with E-state index in [0.29, 0.717) is 37.7 Å². The molecule has 1 saturated heterocycles. The zero-order chi connectivity index (χ0) is 21.4. The van der Waals surface area contributed by atoms with Gasteiger partial charge in [-0.3, -0.25) is 24.2 Å². The van der Waals surface area contributed by atoms with Crippen molar-refractivity contribution in [1.82, 2.24) is 4.90 Å². The van der Waals surface area contributed by atoms with Gasteiger partial charge < -0.3 is 5.32 Å². The summed E-state index contributed by atoms with van der Waals surface area (Å²) in [6.07, 6.45) is 0. The molecule has 0 saturated carbocycles. The van der Waals surface area contributed by atoms with Crippen molar-refractivity contribution in [2.45, 2.75) is 6.92 Å². The fraction of sp³-hybridized carbons (Fsp3) is 0.143. The van der Waals surface area contributed by atoms with Gasteiger partial charge in [-0.05, 0) is 31.2 Å². The van der Waals surface area contributed by atoms with Crippen LogP contribution in [0.1, 0.15) is 12.5 Å². The van der Waals surface area contributed by atoms with Crippen LogP contribution in [-0.2, 0) is 14.4 Å². The average molecular weight is 458 g/mol. The number of hydrogen-bond donors (Lipinski definition) is 1. The first kappa shape index (κ1) is 20.6. The lowest BCUT2D eigenvalue weighted by Gasteiger charge is -2.17. The number of amides is 3. The molecule has 0 aliphatic carbocycles. The van der Waals surface area contributed by atoms with Gasteiger partial charge in [-0.25, -0.2) is 0 Å². The highest BCUT2D eigenvalue weighted by Crippen LogP contribution is 2.44. The second-order valence-electron chi connectivity index (χ2n) is 6.59. The maximum atomic E-state index is 13.3. The van der Waals surface area contributed by atoms with Crippen LogP contribution in [0.5, 0.6) is 0 Å². The fourth-order valence-corrected chi connectivity index (χ4v) is 5.03. The van der Waals surface area contributed by atoms with Crippen molar-refractivity contribution in [2.75, 3.05) is 23.3 Å². The number of rotatable bonds is 4. The van der Waals surface area contributed by atoms with Crippen molar-refractivity contribution in [2.24, 2.45) is 0 Å². The highest BCUT2D eigenvalue weighted by molar-refractivity contribution is 8.26. The average Bonchev–Trinajstić information content (AvgIpc) is 3.14. The minimum atomic E-state index is -0.394. The molecular weight excluding hydrogens is 442 g/mol. The number of nitrogens with zero attached hydrogens (tertiary/aromatic N) is 2. The lowest BCUT2D eigenvalue weighted by atomic mass is 10.1. The molecule has 2 heterocycles. The number of para-hydroxylation sites is 1. The smallest absolute Gasteiger partial charge is 0.266 e. The number of carbonyl (C=O) groups is 3. The molecule has 0 spiro atoms. The number of likely N-dealkylation sites (N-methyl/N-ethyl adjacent to an activating group) is 1. The van der Waals surface area contributed by atoms with Crippen LogP contribution in [0, 0.1) is 0 Å². The van der Waals surface area contributed by atoms with Gasteiger partial charge in [-0.2, -0.15) is 0 Å². The van der Waals surface area contributed by atoms with Crippen LogP contribution in [0.15, 0.2) is 53.4 Å². The minimum absolute atomic E-state index is 0.195. The van der Waals surface area contributed by atoms with E-state index in [1.54, 1.807) is 48.5 Å². The van der Waals surface area contributed by atoms with Crippen molar-refractivity contribution in [3.8, 4) is 0 Å². The number of fused-ring (bicyclic) bond motifs is 1. The third-order valence-electron chi connectivity index (χ3n) is 4.73. The van der Waals surface area contributed by atoms with Crippen LogP contribution in [0.25, 0.3) is 5.57 Å². The maximum absolute atomic E-state index is 13.3. The molecule has 2 aliphatic heterocycles. The zero-order valence-electron chi connectivity index (χ0n) is 15.8. The molecule has 2 aliphatic rings. The molecule has 0 unspecified atom stereocenters. The van der Waals surface area contributed by atoms with E-state index >= 15 is 0 Å². The first-order valence-corrected chi connectivity index (χ1v) is 10.8. The highest BCUT2D eigenvalue weighted by atomic mass is 35.5. The van der Waals surface area contributed by atoms with E-state index in [0.717, 1.165) is 11.8 Å². The lowest BCUT2D eigenvalue weighted by molar-refractivity contribution is -0.122. The fourth-order valence-electron chi connectivity index (χ4n) is 3.39. The Balaban J connectivity index is 1.66. The summed E-state index contributed by atoms with van der Waals surface area (Å²) in [4.78, 5) is 41.8. The highest BCUT2D eigenvalue weighted by Gasteiger charge is 2.41. The van der Waals surface area contributed by atoms with Crippen LogP contribution in [0.4, 0.5) is 11.4 Å². The third kappa shape index (κ3) is 3.62. The molecule has 2 aromatic rings. The Hall–Kier alpha value is -2.68. The zero-order valence-corrected chi connectivity index (χ0v) is 18.2. The summed E-state index contributed by atoms with van der Waals surface area (Å²) in [5, 5.41) is 3.24. The van der Waals surface area contributed by atoms with E-state index in [4.69, 9.17) is 23.8 Å². The predicted molar refractivity (Wildman–Crippen MR) is 123 cm³/mol. The summed E-state index contributed by atoms with van der Waals surface area (Å²) in [7, 11) is 0. The number of benzene rings is 2. The van der Waals surface area contributed by atoms with Gasteiger partial charge in [0.25, 0.3) is 11.8 Å². The Kier molecular flexibility index (Phi) is 5.64. The van der Waals surface area contributed by atoms with Gasteiger partial charge in [-0.1, -0.05) is 59.8 Å². The summed E-state index contributed by atoms with van der Waals surface area (Å²) in [6.45, 7) is 2.07. The van der Waals surface area contributed by atoms with Gasteiger partial charge in [0, 0.05) is 22.8 Å². The van der Waals surface area contributed by atoms with Crippen LogP contribution >= 0.6 is 35.6 Å². The van der Waals surface area contributed by atoms with E-state index in [-0.39, 0.29) is 23.9 Å². The quantitative estimate of drug-likeness (QED) is 0.556. The SMILES string of the molecule is CCN1C(=O)C(=C2C(=O)N(CC(=O)Nc3cccc(Cl)c3)c3ccccc32)SC1=S. The topological polar surface area (TPSA) is 69.7 Å². The van der Waals surface area contributed by atoms with E-state index < -0.39 is 5.91 Å². The molecule has 0 aromatic heterocycles. The van der Waals surface area contributed by atoms with Gasteiger partial charge in [0.05, 0.1) is 16.2 Å². The summed E-state index contributed by atoms with van der Waals surface area (Å²) < 4.78 is 0.424. The molecule has 152 valence electrons. The van der Waals surface area contributed by atoms with Crippen LogP contribution in [-0.4, -0.2) is 40.0 Å². The summed E-state index contributed by atoms with van der Waals surface area (Å²) >= 11 is 12.4. The van der Waals surface area contributed by atoms with Crippen LogP contribution in [0.3, 0.4) is 0 Å². The standard InChI is InChI=1S/C21H16ClN3O3S2/c1-2-24-20(28)18(30-21(24)29)17-14-8-3-4-9-15(14)25(19(17)27)11-16(26)23-13-7-5-6-12(22)10-13/h3-10H,2,11H2,1H3,(H,23,26). The molecule has 6 nitrogen and oxygen atoms in total. The number of thioether (sulfide) groups is 1. The van der Waals surface area contributed by atoms with Crippen molar-refractivity contribution in [1.29, 1.82) is 0 Å². The normalized spacial score (nSPS) is 18.3. The van der Waals surface area contributed by atoms with Gasteiger partial charge in [-0.15, -0.1) is 0 Å². The Labute approximate surface area is 187 Å².